The largest absolute Gasteiger partial charge is 0.369 e. The van der Waals surface area contributed by atoms with Crippen LogP contribution in [-0.2, 0) is 16.0 Å². The van der Waals surface area contributed by atoms with Gasteiger partial charge in [-0.05, 0) is 33.1 Å². The number of carbonyl (C=O) groups excluding carboxylic acids is 2. The van der Waals surface area contributed by atoms with Crippen molar-refractivity contribution in [3.8, 4) is 0 Å². The van der Waals surface area contributed by atoms with Gasteiger partial charge < -0.3 is 15.0 Å². The Morgan fingerprint density at radius 2 is 2.17 bits per heavy atom. The van der Waals surface area contributed by atoms with Crippen molar-refractivity contribution in [2.45, 2.75) is 57.3 Å². The zero-order valence-electron chi connectivity index (χ0n) is 13.5. The van der Waals surface area contributed by atoms with Crippen molar-refractivity contribution >= 4 is 11.8 Å². The first-order chi connectivity index (χ1) is 11.0. The topological polar surface area (TPSA) is 87.3 Å². The van der Waals surface area contributed by atoms with E-state index in [1.165, 1.54) is 0 Å². The summed E-state index contributed by atoms with van der Waals surface area (Å²) in [6, 6.07) is 0. The van der Waals surface area contributed by atoms with Crippen LogP contribution in [0.3, 0.4) is 0 Å². The molecule has 2 atom stereocenters. The minimum Gasteiger partial charge on any atom is -0.369 e. The monoisotopic (exact) mass is 318 g/mol. The lowest BCUT2D eigenvalue weighted by atomic mass is 9.99. The predicted molar refractivity (Wildman–Crippen MR) is 81.9 cm³/mol. The average molecular weight is 318 g/mol. The predicted octanol–water partition coefficient (Wildman–Crippen LogP) is 0.927. The third-order valence-corrected chi connectivity index (χ3v) is 5.19. The molecule has 124 valence electrons. The SMILES string of the molecule is C[C@@H]1Cc2c(C(=O)N3CCCNC(=O)C34CC4)n[nH]c2[C@H](C)O1. The number of hydrogen-bond acceptors (Lipinski definition) is 4. The highest BCUT2D eigenvalue weighted by atomic mass is 16.5. The molecule has 1 aromatic rings. The molecule has 1 saturated carbocycles. The molecule has 0 unspecified atom stereocenters. The van der Waals surface area contributed by atoms with Crippen molar-refractivity contribution in [3.63, 3.8) is 0 Å². The molecule has 0 radical (unpaired) electrons. The molecule has 1 saturated heterocycles. The van der Waals surface area contributed by atoms with Crippen LogP contribution in [0.5, 0.6) is 0 Å². The van der Waals surface area contributed by atoms with Crippen LogP contribution < -0.4 is 5.32 Å². The van der Waals surface area contributed by atoms with Gasteiger partial charge in [-0.3, -0.25) is 14.7 Å². The molecule has 2 N–H and O–H groups in total. The van der Waals surface area contributed by atoms with E-state index < -0.39 is 5.54 Å². The second-order valence-corrected chi connectivity index (χ2v) is 6.86. The Morgan fingerprint density at radius 1 is 1.39 bits per heavy atom. The molecule has 1 aromatic heterocycles. The summed E-state index contributed by atoms with van der Waals surface area (Å²) in [7, 11) is 0. The smallest absolute Gasteiger partial charge is 0.275 e. The summed E-state index contributed by atoms with van der Waals surface area (Å²) < 4.78 is 5.78. The fourth-order valence-electron chi connectivity index (χ4n) is 3.83. The van der Waals surface area contributed by atoms with E-state index in [1.54, 1.807) is 4.90 Å². The summed E-state index contributed by atoms with van der Waals surface area (Å²) in [5.41, 5.74) is 1.65. The van der Waals surface area contributed by atoms with Crippen LogP contribution in [0.25, 0.3) is 0 Å². The van der Waals surface area contributed by atoms with Gasteiger partial charge in [0.15, 0.2) is 5.69 Å². The summed E-state index contributed by atoms with van der Waals surface area (Å²) in [6.07, 6.45) is 2.90. The second kappa shape index (κ2) is 5.06. The van der Waals surface area contributed by atoms with Gasteiger partial charge in [0.05, 0.1) is 17.9 Å². The fourth-order valence-corrected chi connectivity index (χ4v) is 3.83. The number of H-pyrrole nitrogens is 1. The molecule has 2 amide bonds. The van der Waals surface area contributed by atoms with Crippen LogP contribution >= 0.6 is 0 Å². The summed E-state index contributed by atoms with van der Waals surface area (Å²) in [5, 5.41) is 10.2. The van der Waals surface area contributed by atoms with Gasteiger partial charge in [-0.2, -0.15) is 5.10 Å². The van der Waals surface area contributed by atoms with E-state index in [2.05, 4.69) is 15.5 Å². The van der Waals surface area contributed by atoms with Crippen LogP contribution in [0.1, 0.15) is 61.0 Å². The van der Waals surface area contributed by atoms with Gasteiger partial charge in [0.2, 0.25) is 5.91 Å². The van der Waals surface area contributed by atoms with Gasteiger partial charge in [0.25, 0.3) is 5.91 Å². The van der Waals surface area contributed by atoms with E-state index in [-0.39, 0.29) is 24.0 Å². The van der Waals surface area contributed by atoms with Gasteiger partial charge in [-0.1, -0.05) is 0 Å². The molecule has 1 spiro atoms. The van der Waals surface area contributed by atoms with Crippen molar-refractivity contribution in [1.82, 2.24) is 20.4 Å². The van der Waals surface area contributed by atoms with Crippen molar-refractivity contribution in [2.24, 2.45) is 0 Å². The average Bonchev–Trinajstić information content (AvgIpc) is 3.23. The highest BCUT2D eigenvalue weighted by Crippen LogP contribution is 2.44. The third-order valence-electron chi connectivity index (χ3n) is 5.19. The summed E-state index contributed by atoms with van der Waals surface area (Å²) >= 11 is 0. The van der Waals surface area contributed by atoms with Gasteiger partial charge in [0.1, 0.15) is 5.54 Å². The Kier molecular flexibility index (Phi) is 3.23. The number of ether oxygens (including phenoxy) is 1. The third kappa shape index (κ3) is 2.17. The normalized spacial score (nSPS) is 29.0. The number of fused-ring (bicyclic) bond motifs is 1. The summed E-state index contributed by atoms with van der Waals surface area (Å²) in [5.74, 6) is -0.142. The lowest BCUT2D eigenvalue weighted by Crippen LogP contribution is -2.49. The minimum atomic E-state index is -0.637. The van der Waals surface area contributed by atoms with Crippen LogP contribution in [0.2, 0.25) is 0 Å². The van der Waals surface area contributed by atoms with Crippen molar-refractivity contribution < 1.29 is 14.3 Å². The van der Waals surface area contributed by atoms with E-state index in [0.717, 1.165) is 30.5 Å². The standard InChI is InChI=1S/C16H22N4O3/c1-9-8-11-12(10(2)23-9)18-19-13(11)14(21)20-7-3-6-17-15(22)16(20)4-5-16/h9-10H,3-8H2,1-2H3,(H,17,22)(H,18,19)/t9-,10+/m1/s1. The molecule has 7 nitrogen and oxygen atoms in total. The summed E-state index contributed by atoms with van der Waals surface area (Å²) in [6.45, 7) is 5.19. The number of nitrogens with zero attached hydrogens (tertiary/aromatic N) is 2. The van der Waals surface area contributed by atoms with Crippen LogP contribution in [-0.4, -0.2) is 51.6 Å². The first kappa shape index (κ1) is 14.7. The van der Waals surface area contributed by atoms with Gasteiger partial charge in [-0.15, -0.1) is 0 Å². The van der Waals surface area contributed by atoms with E-state index in [9.17, 15) is 9.59 Å². The second-order valence-electron chi connectivity index (χ2n) is 6.86. The maximum Gasteiger partial charge on any atom is 0.275 e. The van der Waals surface area contributed by atoms with E-state index in [4.69, 9.17) is 4.74 Å². The maximum atomic E-state index is 13.1. The van der Waals surface area contributed by atoms with Crippen LogP contribution in [0.15, 0.2) is 0 Å². The van der Waals surface area contributed by atoms with Gasteiger partial charge in [-0.25, -0.2) is 0 Å². The Morgan fingerprint density at radius 3 is 2.91 bits per heavy atom. The van der Waals surface area contributed by atoms with Crippen molar-refractivity contribution in [2.75, 3.05) is 13.1 Å². The lowest BCUT2D eigenvalue weighted by molar-refractivity contribution is -0.126. The summed E-state index contributed by atoms with van der Waals surface area (Å²) in [4.78, 5) is 27.2. The highest BCUT2D eigenvalue weighted by Gasteiger charge is 2.57. The molecule has 3 aliphatic rings. The minimum absolute atomic E-state index is 0.0159. The molecule has 0 bridgehead atoms. The molecular weight excluding hydrogens is 296 g/mol. The Balaban J connectivity index is 1.69. The number of nitrogens with one attached hydrogen (secondary N) is 2. The molecule has 3 heterocycles. The molecule has 23 heavy (non-hydrogen) atoms. The molecule has 2 aliphatic heterocycles. The van der Waals surface area contributed by atoms with Crippen molar-refractivity contribution in [1.29, 1.82) is 0 Å². The lowest BCUT2D eigenvalue weighted by Gasteiger charge is -2.29. The molecular formula is C16H22N4O3. The quantitative estimate of drug-likeness (QED) is 0.806. The molecule has 4 rings (SSSR count). The van der Waals surface area contributed by atoms with E-state index in [0.29, 0.717) is 25.2 Å². The number of rotatable bonds is 1. The van der Waals surface area contributed by atoms with Crippen LogP contribution in [0, 0.1) is 0 Å². The Bertz CT molecular complexity index is 664. The zero-order chi connectivity index (χ0) is 16.2. The highest BCUT2D eigenvalue weighted by molar-refractivity contribution is 6.00. The Labute approximate surface area is 134 Å². The van der Waals surface area contributed by atoms with Gasteiger partial charge >= 0.3 is 0 Å². The molecule has 1 aliphatic carbocycles. The zero-order valence-corrected chi connectivity index (χ0v) is 13.5. The van der Waals surface area contributed by atoms with Gasteiger partial charge in [0, 0.05) is 25.1 Å². The number of hydrogen-bond donors (Lipinski definition) is 2. The number of aromatic amines is 1. The number of amides is 2. The first-order valence-corrected chi connectivity index (χ1v) is 8.36. The van der Waals surface area contributed by atoms with E-state index in [1.807, 2.05) is 13.8 Å². The van der Waals surface area contributed by atoms with E-state index >= 15 is 0 Å². The number of aromatic nitrogens is 2. The molecule has 7 heteroatoms. The fraction of sp³-hybridized carbons (Fsp3) is 0.688. The van der Waals surface area contributed by atoms with Crippen LogP contribution in [0.4, 0.5) is 0 Å². The number of carbonyl (C=O) groups is 2. The maximum absolute atomic E-state index is 13.1. The Hall–Kier alpha value is -1.89. The molecule has 0 aromatic carbocycles. The first-order valence-electron chi connectivity index (χ1n) is 8.36. The molecule has 2 fully saturated rings. The van der Waals surface area contributed by atoms with Crippen molar-refractivity contribution in [3.05, 3.63) is 17.0 Å².